The van der Waals surface area contributed by atoms with Crippen LogP contribution in [0.25, 0.3) is 0 Å². The van der Waals surface area contributed by atoms with Crippen LogP contribution in [0.3, 0.4) is 0 Å². The minimum atomic E-state index is -0.716. The van der Waals surface area contributed by atoms with Gasteiger partial charge in [-0.05, 0) is 36.4 Å². The second-order valence-corrected chi connectivity index (χ2v) is 5.86. The Hall–Kier alpha value is -2.44. The summed E-state index contributed by atoms with van der Waals surface area (Å²) in [6.45, 7) is -0.857. The van der Waals surface area contributed by atoms with Crippen LogP contribution < -0.4 is 14.2 Å². The maximum Gasteiger partial charge on any atom is 0.344 e. The third kappa shape index (κ3) is 5.28. The van der Waals surface area contributed by atoms with Crippen molar-refractivity contribution in [3.05, 3.63) is 52.0 Å². The van der Waals surface area contributed by atoms with Crippen molar-refractivity contribution < 1.29 is 28.5 Å². The van der Waals surface area contributed by atoms with Gasteiger partial charge < -0.3 is 18.9 Å². The molecule has 0 unspecified atom stereocenters. The summed E-state index contributed by atoms with van der Waals surface area (Å²) in [7, 11) is 2.92. The average Bonchev–Trinajstić information content (AvgIpc) is 2.64. The van der Waals surface area contributed by atoms with Crippen molar-refractivity contribution in [1.82, 2.24) is 0 Å². The standard InChI is InChI=1S/C18H16Cl2O6/c1-23-12-4-6-16(24-2)13(8-12)15(21)9-26-18(22)10-25-17-5-3-11(19)7-14(17)20/h3-8H,9-10H2,1-2H3. The third-order valence-electron chi connectivity index (χ3n) is 3.31. The highest BCUT2D eigenvalue weighted by Crippen LogP contribution is 2.27. The SMILES string of the molecule is COc1ccc(OC)c(C(=O)COC(=O)COc2ccc(Cl)cc2Cl)c1. The number of benzene rings is 2. The molecule has 0 radical (unpaired) electrons. The summed E-state index contributed by atoms with van der Waals surface area (Å²) >= 11 is 11.7. The number of rotatable bonds is 8. The van der Waals surface area contributed by atoms with E-state index in [9.17, 15) is 9.59 Å². The first-order valence-corrected chi connectivity index (χ1v) is 8.19. The Labute approximate surface area is 160 Å². The van der Waals surface area contributed by atoms with Crippen molar-refractivity contribution in [2.75, 3.05) is 27.4 Å². The van der Waals surface area contributed by atoms with Gasteiger partial charge in [-0.15, -0.1) is 0 Å². The van der Waals surface area contributed by atoms with E-state index in [4.69, 9.17) is 42.1 Å². The van der Waals surface area contributed by atoms with Crippen molar-refractivity contribution in [3.63, 3.8) is 0 Å². The second-order valence-electron chi connectivity index (χ2n) is 5.01. The molecule has 0 spiro atoms. The maximum absolute atomic E-state index is 12.3. The number of hydrogen-bond donors (Lipinski definition) is 0. The van der Waals surface area contributed by atoms with E-state index in [1.165, 1.54) is 32.4 Å². The molecule has 0 N–H and O–H groups in total. The third-order valence-corrected chi connectivity index (χ3v) is 3.84. The van der Waals surface area contributed by atoms with Crippen molar-refractivity contribution in [1.29, 1.82) is 0 Å². The fourth-order valence-electron chi connectivity index (χ4n) is 2.03. The molecular weight excluding hydrogens is 383 g/mol. The molecular formula is C18H16Cl2O6. The molecule has 26 heavy (non-hydrogen) atoms. The summed E-state index contributed by atoms with van der Waals surface area (Å²) in [5.74, 6) is -0.0177. The fourth-order valence-corrected chi connectivity index (χ4v) is 2.49. The molecule has 0 bridgehead atoms. The Morgan fingerprint density at radius 2 is 1.65 bits per heavy atom. The first-order chi connectivity index (χ1) is 12.4. The molecule has 0 aliphatic carbocycles. The zero-order valence-corrected chi connectivity index (χ0v) is 15.6. The van der Waals surface area contributed by atoms with Gasteiger partial charge in [-0.1, -0.05) is 23.2 Å². The van der Waals surface area contributed by atoms with Gasteiger partial charge in [0.15, 0.2) is 13.2 Å². The van der Waals surface area contributed by atoms with Crippen LogP contribution in [0.1, 0.15) is 10.4 Å². The first-order valence-electron chi connectivity index (χ1n) is 7.43. The van der Waals surface area contributed by atoms with Crippen LogP contribution >= 0.6 is 23.2 Å². The molecule has 2 aromatic rings. The van der Waals surface area contributed by atoms with Gasteiger partial charge >= 0.3 is 5.97 Å². The van der Waals surface area contributed by atoms with Crippen LogP contribution in [0.2, 0.25) is 10.0 Å². The molecule has 0 aliphatic rings. The lowest BCUT2D eigenvalue weighted by atomic mass is 10.1. The van der Waals surface area contributed by atoms with Gasteiger partial charge in [0.05, 0.1) is 24.8 Å². The van der Waals surface area contributed by atoms with E-state index in [0.717, 1.165) is 0 Å². The summed E-state index contributed by atoms with van der Waals surface area (Å²) in [6, 6.07) is 9.36. The minimum absolute atomic E-state index is 0.251. The van der Waals surface area contributed by atoms with E-state index in [2.05, 4.69) is 0 Å². The Morgan fingerprint density at radius 1 is 0.923 bits per heavy atom. The van der Waals surface area contributed by atoms with Gasteiger partial charge in [-0.2, -0.15) is 0 Å². The summed E-state index contributed by atoms with van der Waals surface area (Å²) in [5, 5.41) is 0.713. The number of Topliss-reactive ketones (excluding diaryl/α,β-unsaturated/α-hetero) is 1. The topological polar surface area (TPSA) is 71.1 Å². The van der Waals surface area contributed by atoms with Crippen LogP contribution in [0, 0.1) is 0 Å². The van der Waals surface area contributed by atoms with Gasteiger partial charge in [-0.3, -0.25) is 4.79 Å². The molecule has 2 aromatic carbocycles. The van der Waals surface area contributed by atoms with E-state index in [1.807, 2.05) is 0 Å². The number of esters is 1. The zero-order chi connectivity index (χ0) is 19.1. The van der Waals surface area contributed by atoms with Gasteiger partial charge in [-0.25, -0.2) is 4.79 Å². The number of halogens is 2. The molecule has 0 heterocycles. The van der Waals surface area contributed by atoms with Crippen LogP contribution in [-0.4, -0.2) is 39.2 Å². The van der Waals surface area contributed by atoms with Gasteiger partial charge in [0, 0.05) is 5.02 Å². The highest BCUT2D eigenvalue weighted by atomic mass is 35.5. The van der Waals surface area contributed by atoms with Crippen molar-refractivity contribution >= 4 is 35.0 Å². The van der Waals surface area contributed by atoms with Gasteiger partial charge in [0.2, 0.25) is 5.78 Å². The van der Waals surface area contributed by atoms with Crippen LogP contribution in [0.4, 0.5) is 0 Å². The number of ether oxygens (including phenoxy) is 4. The Morgan fingerprint density at radius 3 is 2.31 bits per heavy atom. The van der Waals surface area contributed by atoms with Crippen molar-refractivity contribution in [3.8, 4) is 17.2 Å². The Balaban J connectivity index is 1.91. The normalized spacial score (nSPS) is 10.2. The molecule has 0 atom stereocenters. The molecule has 0 fully saturated rings. The lowest BCUT2D eigenvalue weighted by molar-refractivity contribution is -0.144. The Bertz CT molecular complexity index is 806. The molecule has 0 aromatic heterocycles. The highest BCUT2D eigenvalue weighted by molar-refractivity contribution is 6.35. The second kappa shape index (κ2) is 9.31. The number of carbonyl (C=O) groups is 2. The van der Waals surface area contributed by atoms with Gasteiger partial charge in [0.1, 0.15) is 17.2 Å². The largest absolute Gasteiger partial charge is 0.497 e. The summed E-state index contributed by atoms with van der Waals surface area (Å²) in [6.07, 6.45) is 0. The number of carbonyl (C=O) groups excluding carboxylic acids is 2. The van der Waals surface area contributed by atoms with Crippen LogP contribution in [0.5, 0.6) is 17.2 Å². The van der Waals surface area contributed by atoms with Gasteiger partial charge in [0.25, 0.3) is 0 Å². The molecule has 0 saturated carbocycles. The molecule has 8 heteroatoms. The number of ketones is 1. The van der Waals surface area contributed by atoms with Crippen LogP contribution in [-0.2, 0) is 9.53 Å². The van der Waals surface area contributed by atoms with E-state index in [1.54, 1.807) is 18.2 Å². The lowest BCUT2D eigenvalue weighted by Crippen LogP contribution is -2.20. The predicted octanol–water partition coefficient (Wildman–Crippen LogP) is 3.82. The summed E-state index contributed by atoms with van der Waals surface area (Å²) in [5.41, 5.74) is 0.251. The first kappa shape index (κ1) is 19.9. The number of methoxy groups -OCH3 is 2. The minimum Gasteiger partial charge on any atom is -0.497 e. The van der Waals surface area contributed by atoms with E-state index < -0.39 is 25.0 Å². The summed E-state index contributed by atoms with van der Waals surface area (Å²) in [4.78, 5) is 24.1. The molecule has 0 saturated heterocycles. The Kier molecular flexibility index (Phi) is 7.12. The molecule has 6 nitrogen and oxygen atoms in total. The number of hydrogen-bond acceptors (Lipinski definition) is 6. The zero-order valence-electron chi connectivity index (χ0n) is 14.1. The smallest absolute Gasteiger partial charge is 0.344 e. The molecule has 2 rings (SSSR count). The van der Waals surface area contributed by atoms with Crippen molar-refractivity contribution in [2.45, 2.75) is 0 Å². The monoisotopic (exact) mass is 398 g/mol. The van der Waals surface area contributed by atoms with E-state index in [0.29, 0.717) is 16.5 Å². The predicted molar refractivity (Wildman–Crippen MR) is 96.8 cm³/mol. The average molecular weight is 399 g/mol. The highest BCUT2D eigenvalue weighted by Gasteiger charge is 2.16. The summed E-state index contributed by atoms with van der Waals surface area (Å²) < 4.78 is 20.4. The van der Waals surface area contributed by atoms with Crippen LogP contribution in [0.15, 0.2) is 36.4 Å². The molecule has 138 valence electrons. The van der Waals surface area contributed by atoms with E-state index >= 15 is 0 Å². The fraction of sp³-hybridized carbons (Fsp3) is 0.222. The van der Waals surface area contributed by atoms with Crippen molar-refractivity contribution in [2.24, 2.45) is 0 Å². The molecule has 0 amide bonds. The molecule has 0 aliphatic heterocycles. The lowest BCUT2D eigenvalue weighted by Gasteiger charge is -2.11. The maximum atomic E-state index is 12.3. The quantitative estimate of drug-likeness (QED) is 0.497. The van der Waals surface area contributed by atoms with E-state index in [-0.39, 0.29) is 16.3 Å².